The van der Waals surface area contributed by atoms with Gasteiger partial charge in [0.25, 0.3) is 0 Å². The molecular weight excluding hydrogens is 614 g/mol. The van der Waals surface area contributed by atoms with Crippen LogP contribution in [0.1, 0.15) is 80.2 Å². The molecule has 0 aliphatic carbocycles. The SMILES string of the molecule is CC[C@@H](O)[C@@](C)(O)[C@@H]1OC(=O)[C@H](C)C(=O)[C@H](C)[C@H](O[C@@H]2OC(C)CC(N(C)Cc3ccc(Cl)cc3)C2O)[C@@]2(C)CC(C)C(O2)[C@@H]1C. The van der Waals surface area contributed by atoms with Gasteiger partial charge in [-0.25, -0.2) is 0 Å². The van der Waals surface area contributed by atoms with Crippen molar-refractivity contribution in [1.29, 1.82) is 0 Å². The fourth-order valence-corrected chi connectivity index (χ4v) is 8.10. The first-order valence-electron chi connectivity index (χ1n) is 16.7. The van der Waals surface area contributed by atoms with Crippen LogP contribution in [0, 0.1) is 23.7 Å². The van der Waals surface area contributed by atoms with Crippen LogP contribution in [0.25, 0.3) is 0 Å². The molecule has 3 fully saturated rings. The Morgan fingerprint density at radius 3 is 2.39 bits per heavy atom. The van der Waals surface area contributed by atoms with Gasteiger partial charge >= 0.3 is 5.97 Å². The number of benzene rings is 1. The fourth-order valence-electron chi connectivity index (χ4n) is 7.97. The van der Waals surface area contributed by atoms with Crippen molar-refractivity contribution in [3.05, 3.63) is 34.9 Å². The van der Waals surface area contributed by atoms with Crippen molar-refractivity contribution in [2.24, 2.45) is 23.7 Å². The third kappa shape index (κ3) is 7.49. The minimum atomic E-state index is -1.78. The van der Waals surface area contributed by atoms with Gasteiger partial charge in [-0.15, -0.1) is 0 Å². The summed E-state index contributed by atoms with van der Waals surface area (Å²) in [6.45, 7) is 14.6. The Kier molecular flexibility index (Phi) is 11.7. The van der Waals surface area contributed by atoms with E-state index in [-0.39, 0.29) is 24.5 Å². The Labute approximate surface area is 278 Å². The molecule has 14 atom stereocenters. The summed E-state index contributed by atoms with van der Waals surface area (Å²) in [5, 5.41) is 34.5. The van der Waals surface area contributed by atoms with E-state index in [1.165, 1.54) is 13.8 Å². The molecule has 1 aromatic carbocycles. The highest BCUT2D eigenvalue weighted by Gasteiger charge is 2.57. The van der Waals surface area contributed by atoms with Crippen LogP contribution in [0.2, 0.25) is 5.02 Å². The van der Waals surface area contributed by atoms with Gasteiger partial charge in [0.2, 0.25) is 0 Å². The number of likely N-dealkylation sites (N-methyl/N-ethyl adjacent to an activating group) is 1. The highest BCUT2D eigenvalue weighted by atomic mass is 35.5. The number of cyclic esters (lactones) is 1. The molecule has 4 rings (SSSR count). The van der Waals surface area contributed by atoms with Crippen LogP contribution < -0.4 is 0 Å². The molecule has 46 heavy (non-hydrogen) atoms. The molecule has 11 heteroatoms. The molecule has 3 saturated heterocycles. The zero-order valence-corrected chi connectivity index (χ0v) is 29.4. The van der Waals surface area contributed by atoms with E-state index in [4.69, 9.17) is 30.5 Å². The number of hydrogen-bond donors (Lipinski definition) is 3. The van der Waals surface area contributed by atoms with Gasteiger partial charge in [-0.1, -0.05) is 51.4 Å². The van der Waals surface area contributed by atoms with Crippen LogP contribution in [0.15, 0.2) is 24.3 Å². The van der Waals surface area contributed by atoms with Crippen molar-refractivity contribution in [2.45, 2.75) is 141 Å². The van der Waals surface area contributed by atoms with E-state index in [1.54, 1.807) is 13.8 Å². The number of esters is 1. The number of halogens is 1. The maximum atomic E-state index is 13.9. The van der Waals surface area contributed by atoms with Crippen LogP contribution in [0.4, 0.5) is 0 Å². The third-order valence-electron chi connectivity index (χ3n) is 10.7. The Morgan fingerprint density at radius 1 is 1.15 bits per heavy atom. The lowest BCUT2D eigenvalue weighted by Crippen LogP contribution is -2.58. The second-order valence-electron chi connectivity index (χ2n) is 14.6. The normalized spacial score (nSPS) is 41.0. The van der Waals surface area contributed by atoms with Gasteiger partial charge in [0, 0.05) is 29.4 Å². The van der Waals surface area contributed by atoms with Crippen LogP contribution in [-0.4, -0.2) is 99.2 Å². The number of aliphatic hydroxyl groups is 3. The number of fused-ring (bicyclic) bond motifs is 2. The number of ether oxygens (including phenoxy) is 4. The molecule has 2 bridgehead atoms. The lowest BCUT2D eigenvalue weighted by molar-refractivity contribution is -0.296. The summed E-state index contributed by atoms with van der Waals surface area (Å²) in [6, 6.07) is 7.28. The predicted molar refractivity (Wildman–Crippen MR) is 173 cm³/mol. The number of carbonyl (C=O) groups is 2. The summed E-state index contributed by atoms with van der Waals surface area (Å²) in [5.41, 5.74) is -1.74. The van der Waals surface area contributed by atoms with Gasteiger partial charge in [0.15, 0.2) is 12.1 Å². The van der Waals surface area contributed by atoms with Gasteiger partial charge in [0.05, 0.1) is 30.0 Å². The minimum absolute atomic E-state index is 0.0737. The van der Waals surface area contributed by atoms with E-state index < -0.39 is 77.5 Å². The lowest BCUT2D eigenvalue weighted by Gasteiger charge is -2.46. The maximum Gasteiger partial charge on any atom is 0.316 e. The molecule has 260 valence electrons. The molecule has 0 spiro atoms. The number of rotatable bonds is 8. The molecule has 0 aromatic heterocycles. The minimum Gasteiger partial charge on any atom is -0.458 e. The highest BCUT2D eigenvalue weighted by Crippen LogP contribution is 2.47. The second kappa shape index (κ2) is 14.5. The highest BCUT2D eigenvalue weighted by molar-refractivity contribution is 6.30. The zero-order valence-electron chi connectivity index (χ0n) is 28.7. The van der Waals surface area contributed by atoms with Crippen molar-refractivity contribution < 1.29 is 43.9 Å². The molecular formula is C35H54ClNO9. The van der Waals surface area contributed by atoms with Gasteiger partial charge in [-0.05, 0) is 77.6 Å². The van der Waals surface area contributed by atoms with Crippen molar-refractivity contribution >= 4 is 23.4 Å². The Bertz CT molecular complexity index is 1210. The van der Waals surface area contributed by atoms with Crippen LogP contribution >= 0.6 is 11.6 Å². The molecule has 3 heterocycles. The first-order valence-corrected chi connectivity index (χ1v) is 17.0. The van der Waals surface area contributed by atoms with Crippen molar-refractivity contribution in [3.63, 3.8) is 0 Å². The average Bonchev–Trinajstić information content (AvgIpc) is 3.32. The van der Waals surface area contributed by atoms with Gasteiger partial charge in [-0.2, -0.15) is 0 Å². The fraction of sp³-hybridized carbons (Fsp3) is 0.771. The van der Waals surface area contributed by atoms with Gasteiger partial charge < -0.3 is 34.3 Å². The van der Waals surface area contributed by atoms with E-state index in [2.05, 4.69) is 4.90 Å². The van der Waals surface area contributed by atoms with Crippen molar-refractivity contribution in [1.82, 2.24) is 4.90 Å². The summed E-state index contributed by atoms with van der Waals surface area (Å²) in [4.78, 5) is 29.5. The topological polar surface area (TPSA) is 135 Å². The standard InChI is InChI=1S/C35H54ClNO9/c1-10-26(38)35(8,42)31-22(6)29-18(2)16-34(7,46-29)30(20(4)27(39)21(5)32(41)44-31)45-33-28(40)25(15-19(3)43-33)37(9)17-23-11-13-24(36)14-12-23/h11-14,18-22,25-26,28-31,33,38,40,42H,10,15-17H2,1-9H3/t18?,19?,20-,21+,22-,25?,26+,28?,29?,30-,31+,33-,34+,35+/m0/s1. The number of Topliss-reactive ketones (excluding diaryl/α,β-unsaturated/α-hetero) is 1. The van der Waals surface area contributed by atoms with Gasteiger partial charge in [-0.3, -0.25) is 14.5 Å². The summed E-state index contributed by atoms with van der Waals surface area (Å²) in [7, 11) is 1.94. The van der Waals surface area contributed by atoms with Crippen LogP contribution in [0.5, 0.6) is 0 Å². The molecule has 10 nitrogen and oxygen atoms in total. The predicted octanol–water partition coefficient (Wildman–Crippen LogP) is 4.13. The summed E-state index contributed by atoms with van der Waals surface area (Å²) < 4.78 is 25.5. The summed E-state index contributed by atoms with van der Waals surface area (Å²) in [6.07, 6.45) is -4.68. The van der Waals surface area contributed by atoms with Crippen LogP contribution in [-0.2, 0) is 35.1 Å². The largest absolute Gasteiger partial charge is 0.458 e. The van der Waals surface area contributed by atoms with E-state index in [9.17, 15) is 24.9 Å². The molecule has 3 N–H and O–H groups in total. The monoisotopic (exact) mass is 667 g/mol. The Balaban J connectivity index is 1.65. The van der Waals surface area contributed by atoms with E-state index in [0.717, 1.165) is 5.56 Å². The third-order valence-corrected chi connectivity index (χ3v) is 10.9. The molecule has 1 aromatic rings. The van der Waals surface area contributed by atoms with E-state index in [1.807, 2.05) is 59.0 Å². The Hall–Kier alpha value is -1.63. The lowest BCUT2D eigenvalue weighted by atomic mass is 9.76. The first kappa shape index (κ1) is 37.2. The number of hydrogen-bond acceptors (Lipinski definition) is 10. The molecule has 3 aliphatic rings. The number of carbonyl (C=O) groups excluding carboxylic acids is 2. The van der Waals surface area contributed by atoms with E-state index >= 15 is 0 Å². The van der Waals surface area contributed by atoms with E-state index in [0.29, 0.717) is 24.4 Å². The molecule has 3 aliphatic heterocycles. The molecule has 0 radical (unpaired) electrons. The summed E-state index contributed by atoms with van der Waals surface area (Å²) >= 11 is 6.07. The Morgan fingerprint density at radius 2 is 1.78 bits per heavy atom. The summed E-state index contributed by atoms with van der Waals surface area (Å²) in [5.74, 6) is -3.79. The first-order chi connectivity index (χ1) is 21.4. The number of ketones is 1. The average molecular weight is 668 g/mol. The maximum absolute atomic E-state index is 13.9. The van der Waals surface area contributed by atoms with Crippen molar-refractivity contribution in [3.8, 4) is 0 Å². The zero-order chi connectivity index (χ0) is 34.3. The quantitative estimate of drug-likeness (QED) is 0.274. The molecule has 5 unspecified atom stereocenters. The van der Waals surface area contributed by atoms with Gasteiger partial charge in [0.1, 0.15) is 23.7 Å². The molecule has 0 saturated carbocycles. The molecule has 0 amide bonds. The van der Waals surface area contributed by atoms with Crippen molar-refractivity contribution in [2.75, 3.05) is 7.05 Å². The smallest absolute Gasteiger partial charge is 0.316 e. The van der Waals surface area contributed by atoms with Crippen LogP contribution in [0.3, 0.4) is 0 Å². The second-order valence-corrected chi connectivity index (χ2v) is 15.0. The number of nitrogens with zero attached hydrogens (tertiary/aromatic N) is 1. The number of aliphatic hydroxyl groups excluding tert-OH is 2.